The van der Waals surface area contributed by atoms with E-state index in [9.17, 15) is 4.39 Å². The third-order valence-electron chi connectivity index (χ3n) is 2.26. The average molecular weight is 279 g/mol. The van der Waals surface area contributed by atoms with E-state index in [1.807, 2.05) is 0 Å². The van der Waals surface area contributed by atoms with E-state index in [1.165, 1.54) is 23.9 Å². The molecule has 0 atom stereocenters. The summed E-state index contributed by atoms with van der Waals surface area (Å²) in [6.07, 6.45) is 1.77. The second-order valence-electron chi connectivity index (χ2n) is 3.77. The van der Waals surface area contributed by atoms with E-state index in [0.29, 0.717) is 30.6 Å². The summed E-state index contributed by atoms with van der Waals surface area (Å²) in [6, 6.07) is 6.33. The molecule has 0 bridgehead atoms. The van der Waals surface area contributed by atoms with Crippen LogP contribution in [0.25, 0.3) is 0 Å². The number of thioether (sulfide) groups is 1. The van der Waals surface area contributed by atoms with Crippen LogP contribution in [0.2, 0.25) is 0 Å². The Morgan fingerprint density at radius 2 is 2.16 bits per heavy atom. The molecule has 0 saturated heterocycles. The summed E-state index contributed by atoms with van der Waals surface area (Å²) >= 11 is 1.54. The molecule has 0 fully saturated rings. The zero-order chi connectivity index (χ0) is 13.5. The van der Waals surface area contributed by atoms with Crippen LogP contribution in [-0.4, -0.2) is 16.7 Å². The quantitative estimate of drug-likeness (QED) is 0.480. The summed E-state index contributed by atoms with van der Waals surface area (Å²) in [7, 11) is 0. The van der Waals surface area contributed by atoms with Crippen molar-refractivity contribution < 1.29 is 8.91 Å². The molecule has 1 aromatic carbocycles. The van der Waals surface area contributed by atoms with Crippen LogP contribution < -0.4 is 5.32 Å². The predicted molar refractivity (Wildman–Crippen MR) is 72.2 cm³/mol. The van der Waals surface area contributed by atoms with Gasteiger partial charge in [0, 0.05) is 11.4 Å². The van der Waals surface area contributed by atoms with E-state index in [0.717, 1.165) is 4.90 Å². The highest BCUT2D eigenvalue weighted by atomic mass is 32.2. The van der Waals surface area contributed by atoms with Gasteiger partial charge in [-0.15, -0.1) is 18.3 Å². The third-order valence-corrected chi connectivity index (χ3v) is 3.26. The van der Waals surface area contributed by atoms with E-state index in [2.05, 4.69) is 22.0 Å². The monoisotopic (exact) mass is 279 g/mol. The maximum atomic E-state index is 12.7. The lowest BCUT2D eigenvalue weighted by atomic mass is 10.4. The Morgan fingerprint density at radius 3 is 2.89 bits per heavy atom. The molecule has 1 N–H and O–H groups in total. The van der Waals surface area contributed by atoms with Crippen molar-refractivity contribution in [3.05, 3.63) is 54.5 Å². The molecule has 0 aliphatic carbocycles. The normalized spacial score (nSPS) is 10.6. The molecule has 19 heavy (non-hydrogen) atoms. The summed E-state index contributed by atoms with van der Waals surface area (Å²) in [5.74, 6) is 1.54. The minimum atomic E-state index is -0.237. The van der Waals surface area contributed by atoms with E-state index >= 15 is 0 Å². The van der Waals surface area contributed by atoms with Crippen molar-refractivity contribution in [2.45, 2.75) is 17.2 Å². The number of hydrogen-bond acceptors (Lipinski definition) is 5. The van der Waals surface area contributed by atoms with Crippen molar-refractivity contribution >= 4 is 11.8 Å². The Hall–Kier alpha value is -1.66. The second kappa shape index (κ2) is 7.06. The average Bonchev–Trinajstić information content (AvgIpc) is 2.86. The van der Waals surface area contributed by atoms with Crippen molar-refractivity contribution in [1.82, 2.24) is 15.5 Å². The van der Waals surface area contributed by atoms with Crippen LogP contribution in [0.15, 0.2) is 46.3 Å². The van der Waals surface area contributed by atoms with Gasteiger partial charge >= 0.3 is 0 Å². The van der Waals surface area contributed by atoms with Gasteiger partial charge in [-0.25, -0.2) is 4.39 Å². The number of benzene rings is 1. The SMILES string of the molecule is C=CCNCc1nc(CSc2ccc(F)cc2)no1. The highest BCUT2D eigenvalue weighted by Crippen LogP contribution is 2.21. The maximum Gasteiger partial charge on any atom is 0.240 e. The molecule has 0 aliphatic heterocycles. The second-order valence-corrected chi connectivity index (χ2v) is 4.82. The van der Waals surface area contributed by atoms with Gasteiger partial charge in [0.25, 0.3) is 0 Å². The molecule has 0 radical (unpaired) electrons. The molecule has 2 rings (SSSR count). The zero-order valence-corrected chi connectivity index (χ0v) is 11.1. The van der Waals surface area contributed by atoms with Crippen molar-refractivity contribution in [1.29, 1.82) is 0 Å². The third kappa shape index (κ3) is 4.50. The van der Waals surface area contributed by atoms with Crippen molar-refractivity contribution in [2.24, 2.45) is 0 Å². The number of aromatic nitrogens is 2. The van der Waals surface area contributed by atoms with E-state index in [1.54, 1.807) is 18.2 Å². The van der Waals surface area contributed by atoms with Crippen molar-refractivity contribution in [3.8, 4) is 0 Å². The molecule has 6 heteroatoms. The minimum absolute atomic E-state index is 0.237. The number of nitrogens with zero attached hydrogens (tertiary/aromatic N) is 2. The van der Waals surface area contributed by atoms with Gasteiger partial charge in [0.05, 0.1) is 12.3 Å². The standard InChI is InChI=1S/C13H14FN3OS/c1-2-7-15-8-13-16-12(17-18-13)9-19-11-5-3-10(14)4-6-11/h2-6,15H,1,7-9H2. The zero-order valence-electron chi connectivity index (χ0n) is 10.3. The lowest BCUT2D eigenvalue weighted by molar-refractivity contribution is 0.366. The van der Waals surface area contributed by atoms with Crippen LogP contribution in [0.4, 0.5) is 4.39 Å². The Morgan fingerprint density at radius 1 is 1.37 bits per heavy atom. The highest BCUT2D eigenvalue weighted by molar-refractivity contribution is 7.98. The highest BCUT2D eigenvalue weighted by Gasteiger charge is 2.06. The smallest absolute Gasteiger partial charge is 0.240 e. The summed E-state index contributed by atoms with van der Waals surface area (Å²) in [6.45, 7) is 4.83. The van der Waals surface area contributed by atoms with Crippen LogP contribution >= 0.6 is 11.8 Å². The molecule has 2 aromatic rings. The summed E-state index contributed by atoms with van der Waals surface area (Å²) in [5, 5.41) is 6.96. The fourth-order valence-electron chi connectivity index (χ4n) is 1.38. The first kappa shape index (κ1) is 13.8. The molecule has 1 heterocycles. The van der Waals surface area contributed by atoms with Crippen molar-refractivity contribution in [2.75, 3.05) is 6.54 Å². The number of halogens is 1. The molecular weight excluding hydrogens is 265 g/mol. The molecule has 0 aliphatic rings. The summed E-state index contributed by atoms with van der Waals surface area (Å²) < 4.78 is 17.8. The minimum Gasteiger partial charge on any atom is -0.338 e. The molecular formula is C13H14FN3OS. The number of nitrogens with one attached hydrogen (secondary N) is 1. The maximum absolute atomic E-state index is 12.7. The number of rotatable bonds is 7. The lowest BCUT2D eigenvalue weighted by Crippen LogP contribution is -2.12. The van der Waals surface area contributed by atoms with Crippen LogP contribution in [0.3, 0.4) is 0 Å². The molecule has 0 amide bonds. The Balaban J connectivity index is 1.82. The van der Waals surface area contributed by atoms with Gasteiger partial charge in [0.15, 0.2) is 5.82 Å². The number of hydrogen-bond donors (Lipinski definition) is 1. The van der Waals surface area contributed by atoms with E-state index < -0.39 is 0 Å². The van der Waals surface area contributed by atoms with Crippen LogP contribution in [-0.2, 0) is 12.3 Å². The predicted octanol–water partition coefficient (Wildman–Crippen LogP) is 2.78. The van der Waals surface area contributed by atoms with Gasteiger partial charge in [-0.1, -0.05) is 11.2 Å². The van der Waals surface area contributed by atoms with E-state index in [4.69, 9.17) is 4.52 Å². The lowest BCUT2D eigenvalue weighted by Gasteiger charge is -1.97. The summed E-state index contributed by atoms with van der Waals surface area (Å²) in [5.41, 5.74) is 0. The Labute approximate surface area is 115 Å². The van der Waals surface area contributed by atoms with E-state index in [-0.39, 0.29) is 5.82 Å². The molecule has 0 saturated carbocycles. The van der Waals surface area contributed by atoms with Gasteiger partial charge in [-0.2, -0.15) is 4.98 Å². The molecule has 1 aromatic heterocycles. The van der Waals surface area contributed by atoms with Crippen LogP contribution in [0.1, 0.15) is 11.7 Å². The summed E-state index contributed by atoms with van der Waals surface area (Å²) in [4.78, 5) is 5.22. The first-order valence-corrected chi connectivity index (χ1v) is 6.78. The fraction of sp³-hybridized carbons (Fsp3) is 0.231. The van der Waals surface area contributed by atoms with Gasteiger partial charge < -0.3 is 9.84 Å². The molecule has 4 nitrogen and oxygen atoms in total. The first-order chi connectivity index (χ1) is 9.28. The van der Waals surface area contributed by atoms with Crippen LogP contribution in [0.5, 0.6) is 0 Å². The van der Waals surface area contributed by atoms with Crippen molar-refractivity contribution in [3.63, 3.8) is 0 Å². The largest absolute Gasteiger partial charge is 0.338 e. The topological polar surface area (TPSA) is 51.0 Å². The Kier molecular flexibility index (Phi) is 5.11. The van der Waals surface area contributed by atoms with Gasteiger partial charge in [-0.05, 0) is 24.3 Å². The molecule has 100 valence electrons. The Bertz CT molecular complexity index is 527. The fourth-order valence-corrected chi connectivity index (χ4v) is 2.12. The van der Waals surface area contributed by atoms with Crippen LogP contribution in [0, 0.1) is 5.82 Å². The van der Waals surface area contributed by atoms with Gasteiger partial charge in [-0.3, -0.25) is 0 Å². The molecule has 0 unspecified atom stereocenters. The molecule has 0 spiro atoms. The van der Waals surface area contributed by atoms with Gasteiger partial charge in [0.1, 0.15) is 5.82 Å². The van der Waals surface area contributed by atoms with Gasteiger partial charge in [0.2, 0.25) is 5.89 Å². The first-order valence-electron chi connectivity index (χ1n) is 5.79.